The van der Waals surface area contributed by atoms with Crippen molar-refractivity contribution in [1.82, 2.24) is 10.2 Å². The van der Waals surface area contributed by atoms with E-state index in [0.717, 1.165) is 33.8 Å². The van der Waals surface area contributed by atoms with Gasteiger partial charge in [0, 0.05) is 19.5 Å². The monoisotopic (exact) mass is 511 g/mol. The summed E-state index contributed by atoms with van der Waals surface area (Å²) in [4.78, 5) is 28.4. The Morgan fingerprint density at radius 2 is 1.44 bits per heavy atom. The van der Waals surface area contributed by atoms with Gasteiger partial charge in [-0.1, -0.05) is 60.7 Å². The molecule has 1 atom stereocenters. The van der Waals surface area contributed by atoms with E-state index in [-0.39, 0.29) is 24.6 Å². The van der Waals surface area contributed by atoms with Gasteiger partial charge < -0.3 is 10.2 Å². The molecule has 0 aliphatic heterocycles. The molecule has 3 aromatic rings. The Labute approximate surface area is 211 Å². The summed E-state index contributed by atoms with van der Waals surface area (Å²) in [5, 5.41) is 2.80. The largest absolute Gasteiger partial charge is 0.355 e. The Hall–Kier alpha value is -3.72. The van der Waals surface area contributed by atoms with Crippen LogP contribution in [0.15, 0.2) is 84.9 Å². The zero-order valence-electron chi connectivity index (χ0n) is 20.3. The van der Waals surface area contributed by atoms with Crippen LogP contribution in [-0.4, -0.2) is 50.5 Å². The molecule has 2 amide bonds. The fourth-order valence-corrected chi connectivity index (χ4v) is 4.70. The van der Waals surface area contributed by atoms with Gasteiger partial charge in [0.2, 0.25) is 21.8 Å². The van der Waals surface area contributed by atoms with Crippen LogP contribution in [0.1, 0.15) is 18.1 Å². The first-order valence-electron chi connectivity index (χ1n) is 11.6. The molecule has 0 spiro atoms. The van der Waals surface area contributed by atoms with Crippen LogP contribution in [-0.2, 0) is 32.6 Å². The zero-order chi connectivity index (χ0) is 26.1. The van der Waals surface area contributed by atoms with Gasteiger partial charge in [0.25, 0.3) is 0 Å². The Morgan fingerprint density at radius 1 is 0.889 bits per heavy atom. The van der Waals surface area contributed by atoms with E-state index in [1.165, 1.54) is 17.0 Å². The molecule has 0 aliphatic rings. The second-order valence-electron chi connectivity index (χ2n) is 8.35. The maximum atomic E-state index is 13.8. The van der Waals surface area contributed by atoms with Crippen LogP contribution >= 0.6 is 0 Å². The van der Waals surface area contributed by atoms with E-state index >= 15 is 0 Å². The Bertz CT molecular complexity index is 1250. The van der Waals surface area contributed by atoms with E-state index in [4.69, 9.17) is 0 Å². The highest BCUT2D eigenvalue weighted by Gasteiger charge is 2.32. The first kappa shape index (κ1) is 26.9. The standard InChI is InChI=1S/C27H30FN3O4S/c1-3-29-27(33)25(18-21-10-6-4-7-11-21)30(19-22-12-8-5-9-13-22)26(32)20-31(36(2,34)35)24-16-14-23(28)15-17-24/h4-17,25H,3,18-20H2,1-2H3,(H,29,33)/t25-/m1/s1. The number of amides is 2. The number of carbonyl (C=O) groups is 2. The summed E-state index contributed by atoms with van der Waals surface area (Å²) in [6.07, 6.45) is 1.23. The van der Waals surface area contributed by atoms with E-state index in [1.54, 1.807) is 6.92 Å². The maximum Gasteiger partial charge on any atom is 0.244 e. The minimum atomic E-state index is -3.88. The number of halogens is 1. The molecule has 0 heterocycles. The van der Waals surface area contributed by atoms with Gasteiger partial charge in [-0.2, -0.15) is 0 Å². The van der Waals surface area contributed by atoms with Crippen molar-refractivity contribution in [3.8, 4) is 0 Å². The van der Waals surface area contributed by atoms with Gasteiger partial charge in [-0.25, -0.2) is 12.8 Å². The number of hydrogen-bond acceptors (Lipinski definition) is 4. The Morgan fingerprint density at radius 3 is 1.97 bits per heavy atom. The Balaban J connectivity index is 2.00. The topological polar surface area (TPSA) is 86.8 Å². The summed E-state index contributed by atoms with van der Waals surface area (Å²) in [7, 11) is -3.88. The summed E-state index contributed by atoms with van der Waals surface area (Å²) in [6, 6.07) is 22.5. The lowest BCUT2D eigenvalue weighted by Gasteiger charge is -2.33. The van der Waals surface area contributed by atoms with Crippen LogP contribution < -0.4 is 9.62 Å². The molecule has 0 fully saturated rings. The second kappa shape index (κ2) is 12.3. The number of benzene rings is 3. The van der Waals surface area contributed by atoms with E-state index in [0.29, 0.717) is 6.54 Å². The molecular weight excluding hydrogens is 481 g/mol. The van der Waals surface area contributed by atoms with Gasteiger partial charge in [-0.3, -0.25) is 13.9 Å². The van der Waals surface area contributed by atoms with Crippen molar-refractivity contribution in [3.05, 3.63) is 102 Å². The van der Waals surface area contributed by atoms with E-state index in [1.807, 2.05) is 60.7 Å². The van der Waals surface area contributed by atoms with Crippen LogP contribution in [0.2, 0.25) is 0 Å². The van der Waals surface area contributed by atoms with E-state index in [2.05, 4.69) is 5.32 Å². The number of likely N-dealkylation sites (N-methyl/N-ethyl adjacent to an activating group) is 1. The van der Waals surface area contributed by atoms with Crippen LogP contribution in [0.25, 0.3) is 0 Å². The molecule has 7 nitrogen and oxygen atoms in total. The maximum absolute atomic E-state index is 13.8. The fraction of sp³-hybridized carbons (Fsp3) is 0.259. The van der Waals surface area contributed by atoms with Crippen molar-refractivity contribution < 1.29 is 22.4 Å². The molecule has 190 valence electrons. The molecule has 0 bridgehead atoms. The lowest BCUT2D eigenvalue weighted by molar-refractivity contribution is -0.140. The predicted molar refractivity (Wildman–Crippen MR) is 138 cm³/mol. The van der Waals surface area contributed by atoms with Crippen molar-refractivity contribution in [2.75, 3.05) is 23.7 Å². The quantitative estimate of drug-likeness (QED) is 0.428. The highest BCUT2D eigenvalue weighted by molar-refractivity contribution is 7.92. The van der Waals surface area contributed by atoms with Crippen molar-refractivity contribution in [1.29, 1.82) is 0 Å². The van der Waals surface area contributed by atoms with E-state index in [9.17, 15) is 22.4 Å². The molecule has 9 heteroatoms. The lowest BCUT2D eigenvalue weighted by Crippen LogP contribution is -2.53. The molecule has 3 rings (SSSR count). The number of carbonyl (C=O) groups excluding carboxylic acids is 2. The van der Waals surface area contributed by atoms with Crippen LogP contribution in [0, 0.1) is 5.82 Å². The number of nitrogens with one attached hydrogen (secondary N) is 1. The van der Waals surface area contributed by atoms with Crippen molar-refractivity contribution in [3.63, 3.8) is 0 Å². The summed E-state index contributed by atoms with van der Waals surface area (Å²) >= 11 is 0. The normalized spacial score (nSPS) is 12.0. The van der Waals surface area contributed by atoms with Gasteiger partial charge in [-0.05, 0) is 42.3 Å². The fourth-order valence-electron chi connectivity index (χ4n) is 3.85. The van der Waals surface area contributed by atoms with Gasteiger partial charge in [-0.15, -0.1) is 0 Å². The van der Waals surface area contributed by atoms with Gasteiger partial charge in [0.15, 0.2) is 0 Å². The van der Waals surface area contributed by atoms with Gasteiger partial charge in [0.05, 0.1) is 11.9 Å². The highest BCUT2D eigenvalue weighted by atomic mass is 32.2. The lowest BCUT2D eigenvalue weighted by atomic mass is 10.0. The molecule has 0 aliphatic carbocycles. The summed E-state index contributed by atoms with van der Waals surface area (Å²) in [5.41, 5.74) is 1.81. The SMILES string of the molecule is CCNC(=O)[C@@H](Cc1ccccc1)N(Cc1ccccc1)C(=O)CN(c1ccc(F)cc1)S(C)(=O)=O. The minimum absolute atomic E-state index is 0.106. The number of anilines is 1. The zero-order valence-corrected chi connectivity index (χ0v) is 21.1. The molecule has 3 aromatic carbocycles. The minimum Gasteiger partial charge on any atom is -0.355 e. The number of hydrogen-bond donors (Lipinski definition) is 1. The molecule has 36 heavy (non-hydrogen) atoms. The van der Waals surface area contributed by atoms with Crippen molar-refractivity contribution in [2.45, 2.75) is 25.9 Å². The van der Waals surface area contributed by atoms with Gasteiger partial charge >= 0.3 is 0 Å². The van der Waals surface area contributed by atoms with Crippen LogP contribution in [0.4, 0.5) is 10.1 Å². The van der Waals surface area contributed by atoms with Crippen molar-refractivity contribution in [2.24, 2.45) is 0 Å². The first-order valence-corrected chi connectivity index (χ1v) is 13.4. The average Bonchev–Trinajstić information content (AvgIpc) is 2.86. The van der Waals surface area contributed by atoms with Crippen LogP contribution in [0.3, 0.4) is 0 Å². The molecule has 0 aromatic heterocycles. The number of rotatable bonds is 11. The van der Waals surface area contributed by atoms with Crippen molar-refractivity contribution >= 4 is 27.5 Å². The third-order valence-corrected chi connectivity index (χ3v) is 6.75. The smallest absolute Gasteiger partial charge is 0.244 e. The summed E-state index contributed by atoms with van der Waals surface area (Å²) in [5.74, 6) is -1.41. The molecule has 0 unspecified atom stereocenters. The van der Waals surface area contributed by atoms with Crippen LogP contribution in [0.5, 0.6) is 0 Å². The average molecular weight is 512 g/mol. The number of sulfonamides is 1. The second-order valence-corrected chi connectivity index (χ2v) is 10.3. The number of nitrogens with zero attached hydrogens (tertiary/aromatic N) is 2. The predicted octanol–water partition coefficient (Wildman–Crippen LogP) is 3.37. The third-order valence-electron chi connectivity index (χ3n) is 5.61. The van der Waals surface area contributed by atoms with E-state index < -0.39 is 34.3 Å². The molecule has 0 saturated heterocycles. The van der Waals surface area contributed by atoms with Gasteiger partial charge in [0.1, 0.15) is 18.4 Å². The summed E-state index contributed by atoms with van der Waals surface area (Å²) in [6.45, 7) is 1.74. The Kier molecular flexibility index (Phi) is 9.19. The third kappa shape index (κ3) is 7.39. The molecule has 0 radical (unpaired) electrons. The highest BCUT2D eigenvalue weighted by Crippen LogP contribution is 2.20. The molecule has 0 saturated carbocycles. The summed E-state index contributed by atoms with van der Waals surface area (Å²) < 4.78 is 39.6. The first-order chi connectivity index (χ1) is 17.2. The molecular formula is C27H30FN3O4S. The molecule has 1 N–H and O–H groups in total.